The highest BCUT2D eigenvalue weighted by Crippen LogP contribution is 2.41. The molecule has 152 valence electrons. The number of ether oxygens (including phenoxy) is 1. The maximum atomic E-state index is 13.1. The van der Waals surface area contributed by atoms with E-state index in [-0.39, 0.29) is 48.1 Å². The van der Waals surface area contributed by atoms with Crippen molar-refractivity contribution in [3.63, 3.8) is 0 Å². The van der Waals surface area contributed by atoms with E-state index in [1.54, 1.807) is 0 Å². The Hall–Kier alpha value is -1.08. The van der Waals surface area contributed by atoms with Crippen LogP contribution in [-0.2, 0) is 9.53 Å². The monoisotopic (exact) mass is 419 g/mol. The van der Waals surface area contributed by atoms with Crippen LogP contribution < -0.4 is 10.2 Å². The number of esters is 1. The van der Waals surface area contributed by atoms with E-state index in [2.05, 4.69) is 15.1 Å². The third-order valence-corrected chi connectivity index (χ3v) is 5.91. The third kappa shape index (κ3) is 4.86. The fraction of sp³-hybridized carbons (Fsp3) is 0.632. The molecule has 1 atom stereocenters. The van der Waals surface area contributed by atoms with Crippen molar-refractivity contribution < 1.29 is 13.9 Å². The first-order chi connectivity index (χ1) is 12.1. The number of benzene rings is 1. The summed E-state index contributed by atoms with van der Waals surface area (Å²) in [5.74, 6) is -0.179. The number of rotatable bonds is 3. The number of piperazine rings is 1. The molecule has 0 amide bonds. The van der Waals surface area contributed by atoms with E-state index >= 15 is 0 Å². The Bertz CT molecular complexity index is 618. The second-order valence-electron chi connectivity index (χ2n) is 7.53. The van der Waals surface area contributed by atoms with Crippen LogP contribution in [0.5, 0.6) is 0 Å². The van der Waals surface area contributed by atoms with E-state index < -0.39 is 0 Å². The normalized spacial score (nSPS) is 24.9. The van der Waals surface area contributed by atoms with Gasteiger partial charge >= 0.3 is 5.97 Å². The van der Waals surface area contributed by atoms with Gasteiger partial charge in [0.05, 0.1) is 5.41 Å². The molecule has 0 aromatic heterocycles. The summed E-state index contributed by atoms with van der Waals surface area (Å²) >= 11 is 0. The van der Waals surface area contributed by atoms with Crippen molar-refractivity contribution in [3.05, 3.63) is 30.1 Å². The minimum Gasteiger partial charge on any atom is -0.461 e. The van der Waals surface area contributed by atoms with Gasteiger partial charge in [-0.3, -0.25) is 9.69 Å². The summed E-state index contributed by atoms with van der Waals surface area (Å²) in [6, 6.07) is 6.70. The minimum atomic E-state index is -0.230. The zero-order valence-corrected chi connectivity index (χ0v) is 17.0. The molecule has 27 heavy (non-hydrogen) atoms. The molecule has 0 saturated carbocycles. The highest BCUT2D eigenvalue weighted by atomic mass is 35.5. The summed E-state index contributed by atoms with van der Waals surface area (Å²) in [6.45, 7) is 6.39. The van der Waals surface area contributed by atoms with E-state index in [1.165, 1.54) is 12.1 Å². The number of carbonyl (C=O) groups excluding carboxylic acids is 1. The molecule has 3 aliphatic rings. The Morgan fingerprint density at radius 2 is 1.70 bits per heavy atom. The topological polar surface area (TPSA) is 44.8 Å². The molecule has 1 N–H and O–H groups in total. The van der Waals surface area contributed by atoms with Gasteiger partial charge in [0, 0.05) is 44.8 Å². The summed E-state index contributed by atoms with van der Waals surface area (Å²) in [7, 11) is 0. The molecule has 1 aromatic carbocycles. The molecular formula is C19H28Cl2FN3O2. The van der Waals surface area contributed by atoms with Crippen LogP contribution in [0.25, 0.3) is 0 Å². The Kier molecular flexibility index (Phi) is 7.74. The number of piperidine rings is 1. The standard InChI is InChI=1S/C19H26FN3O2.2ClH/c20-15-1-3-16(4-2-15)23-11-9-22(10-12-23)14-17-13-19(18(24)25-17)5-7-21-8-6-19;;/h1-4,17,21H,5-14H2;2*1H. The highest BCUT2D eigenvalue weighted by Gasteiger charge is 2.49. The zero-order chi connectivity index (χ0) is 17.3. The Morgan fingerprint density at radius 3 is 2.33 bits per heavy atom. The number of cyclic esters (lactones) is 1. The first-order valence-corrected chi connectivity index (χ1v) is 9.29. The van der Waals surface area contributed by atoms with Crippen molar-refractivity contribution in [2.75, 3.05) is 50.7 Å². The van der Waals surface area contributed by atoms with Gasteiger partial charge in [0.1, 0.15) is 11.9 Å². The van der Waals surface area contributed by atoms with Crippen LogP contribution in [0.3, 0.4) is 0 Å². The predicted molar refractivity (Wildman–Crippen MR) is 109 cm³/mol. The average Bonchev–Trinajstić information content (AvgIpc) is 2.92. The molecule has 0 aliphatic carbocycles. The molecular weight excluding hydrogens is 392 g/mol. The summed E-state index contributed by atoms with van der Waals surface area (Å²) in [5.41, 5.74) is 0.841. The van der Waals surface area contributed by atoms with Crippen LogP contribution in [0.15, 0.2) is 24.3 Å². The smallest absolute Gasteiger partial charge is 0.312 e. The van der Waals surface area contributed by atoms with Gasteiger partial charge in [-0.2, -0.15) is 0 Å². The number of halogens is 3. The first-order valence-electron chi connectivity index (χ1n) is 9.29. The summed E-state index contributed by atoms with van der Waals surface area (Å²) in [4.78, 5) is 17.0. The second-order valence-corrected chi connectivity index (χ2v) is 7.53. The van der Waals surface area contributed by atoms with E-state index in [0.717, 1.165) is 70.8 Å². The molecule has 0 radical (unpaired) electrons. The summed E-state index contributed by atoms with van der Waals surface area (Å²) in [6.07, 6.45) is 2.70. The summed E-state index contributed by atoms with van der Waals surface area (Å²) < 4.78 is 18.8. The number of carbonyl (C=O) groups is 1. The number of nitrogens with zero attached hydrogens (tertiary/aromatic N) is 2. The Morgan fingerprint density at radius 1 is 1.07 bits per heavy atom. The number of hydrogen-bond donors (Lipinski definition) is 1. The molecule has 3 heterocycles. The van der Waals surface area contributed by atoms with Crippen molar-refractivity contribution >= 4 is 36.5 Å². The lowest BCUT2D eigenvalue weighted by molar-refractivity contribution is -0.150. The molecule has 1 aromatic rings. The van der Waals surface area contributed by atoms with Crippen molar-refractivity contribution in [1.29, 1.82) is 0 Å². The molecule has 3 saturated heterocycles. The van der Waals surface area contributed by atoms with Gasteiger partial charge in [-0.25, -0.2) is 4.39 Å². The van der Waals surface area contributed by atoms with Crippen LogP contribution in [-0.4, -0.2) is 62.8 Å². The van der Waals surface area contributed by atoms with Gasteiger partial charge in [0.15, 0.2) is 0 Å². The molecule has 4 rings (SSSR count). The van der Waals surface area contributed by atoms with Crippen LogP contribution >= 0.6 is 24.8 Å². The molecule has 0 bridgehead atoms. The Balaban J connectivity index is 0.00000131. The van der Waals surface area contributed by atoms with E-state index in [9.17, 15) is 9.18 Å². The van der Waals surface area contributed by atoms with Crippen LogP contribution in [0.4, 0.5) is 10.1 Å². The average molecular weight is 420 g/mol. The van der Waals surface area contributed by atoms with Crippen molar-refractivity contribution in [3.8, 4) is 0 Å². The van der Waals surface area contributed by atoms with E-state index in [1.807, 2.05) is 12.1 Å². The maximum absolute atomic E-state index is 13.1. The first kappa shape index (κ1) is 22.2. The Labute approximate surface area is 172 Å². The van der Waals surface area contributed by atoms with Gasteiger partial charge in [-0.1, -0.05) is 0 Å². The molecule has 1 spiro atoms. The largest absolute Gasteiger partial charge is 0.461 e. The molecule has 5 nitrogen and oxygen atoms in total. The zero-order valence-electron chi connectivity index (χ0n) is 15.4. The molecule has 3 aliphatic heterocycles. The SMILES string of the molecule is Cl.Cl.O=C1OC(CN2CCN(c3ccc(F)cc3)CC2)CC12CCNCC2. The van der Waals surface area contributed by atoms with Gasteiger partial charge in [-0.05, 0) is 50.2 Å². The van der Waals surface area contributed by atoms with Gasteiger partial charge < -0.3 is 15.0 Å². The fourth-order valence-corrected chi connectivity index (χ4v) is 4.38. The number of anilines is 1. The lowest BCUT2D eigenvalue weighted by Gasteiger charge is -2.37. The predicted octanol–water partition coefficient (Wildman–Crippen LogP) is 2.48. The quantitative estimate of drug-likeness (QED) is 0.762. The second kappa shape index (κ2) is 9.41. The molecule has 8 heteroatoms. The third-order valence-electron chi connectivity index (χ3n) is 5.91. The van der Waals surface area contributed by atoms with Crippen LogP contribution in [0, 0.1) is 11.2 Å². The minimum absolute atomic E-state index is 0. The fourth-order valence-electron chi connectivity index (χ4n) is 4.38. The van der Waals surface area contributed by atoms with E-state index in [4.69, 9.17) is 4.74 Å². The lowest BCUT2D eigenvalue weighted by atomic mass is 9.76. The van der Waals surface area contributed by atoms with Crippen molar-refractivity contribution in [1.82, 2.24) is 10.2 Å². The number of hydrogen-bond acceptors (Lipinski definition) is 5. The van der Waals surface area contributed by atoms with Crippen LogP contribution in [0.1, 0.15) is 19.3 Å². The number of nitrogens with one attached hydrogen (secondary N) is 1. The van der Waals surface area contributed by atoms with Crippen molar-refractivity contribution in [2.24, 2.45) is 5.41 Å². The van der Waals surface area contributed by atoms with Gasteiger partial charge in [0.2, 0.25) is 0 Å². The van der Waals surface area contributed by atoms with Gasteiger partial charge in [0.25, 0.3) is 0 Å². The van der Waals surface area contributed by atoms with E-state index in [0.29, 0.717) is 0 Å². The summed E-state index contributed by atoms with van der Waals surface area (Å²) in [5, 5.41) is 3.33. The van der Waals surface area contributed by atoms with Crippen LogP contribution in [0.2, 0.25) is 0 Å². The maximum Gasteiger partial charge on any atom is 0.312 e. The molecule has 1 unspecified atom stereocenters. The van der Waals surface area contributed by atoms with Crippen molar-refractivity contribution in [2.45, 2.75) is 25.4 Å². The highest BCUT2D eigenvalue weighted by molar-refractivity contribution is 5.85. The van der Waals surface area contributed by atoms with Gasteiger partial charge in [-0.15, -0.1) is 24.8 Å². The lowest BCUT2D eigenvalue weighted by Crippen LogP contribution is -2.48. The molecule has 3 fully saturated rings.